The minimum atomic E-state index is 1.00. The maximum absolute atomic E-state index is 4.47. The summed E-state index contributed by atoms with van der Waals surface area (Å²) in [6.45, 7) is 2.15. The molecule has 4 heteroatoms. The molecular formula is C18H17NS3. The van der Waals surface area contributed by atoms with E-state index >= 15 is 0 Å². The Morgan fingerprint density at radius 3 is 2.59 bits per heavy atom. The summed E-state index contributed by atoms with van der Waals surface area (Å²) in [5, 5.41) is 1.20. The van der Waals surface area contributed by atoms with Crippen molar-refractivity contribution >= 4 is 34.9 Å². The first-order valence-corrected chi connectivity index (χ1v) is 10.0. The van der Waals surface area contributed by atoms with E-state index in [1.807, 2.05) is 18.0 Å². The Morgan fingerprint density at radius 1 is 1.09 bits per heavy atom. The molecule has 0 N–H and O–H groups in total. The van der Waals surface area contributed by atoms with Crippen molar-refractivity contribution in [2.45, 2.75) is 27.3 Å². The van der Waals surface area contributed by atoms with Crippen molar-refractivity contribution in [1.82, 2.24) is 4.98 Å². The van der Waals surface area contributed by atoms with Crippen molar-refractivity contribution in [2.24, 2.45) is 0 Å². The number of rotatable bonds is 5. The minimum Gasteiger partial charge on any atom is -0.248 e. The third-order valence-corrected chi connectivity index (χ3v) is 6.34. The minimum absolute atomic E-state index is 1.00. The molecule has 22 heavy (non-hydrogen) atoms. The standard InChI is InChI=1S/C18H17NS3/c1-3-17-19-12-18(22-17)21-16-11-14(20-2)9-10-15(16)13-7-5-4-6-8-13/h4-12H,3H2,1-2H3. The van der Waals surface area contributed by atoms with Gasteiger partial charge in [0.1, 0.15) is 0 Å². The Labute approximate surface area is 144 Å². The first kappa shape index (κ1) is 15.7. The molecule has 3 rings (SSSR count). The lowest BCUT2D eigenvalue weighted by Gasteiger charge is -2.10. The number of thiazole rings is 1. The molecule has 0 aliphatic heterocycles. The van der Waals surface area contributed by atoms with E-state index in [1.165, 1.54) is 30.1 Å². The second kappa shape index (κ2) is 7.36. The van der Waals surface area contributed by atoms with Gasteiger partial charge in [0.2, 0.25) is 0 Å². The quantitative estimate of drug-likeness (QED) is 0.508. The van der Waals surface area contributed by atoms with Gasteiger partial charge < -0.3 is 0 Å². The lowest BCUT2D eigenvalue weighted by atomic mass is 10.1. The number of thioether (sulfide) groups is 1. The molecule has 1 heterocycles. The molecule has 0 bridgehead atoms. The van der Waals surface area contributed by atoms with E-state index < -0.39 is 0 Å². The number of nitrogens with zero attached hydrogens (tertiary/aromatic N) is 1. The summed E-state index contributed by atoms with van der Waals surface area (Å²) in [5.41, 5.74) is 2.55. The average Bonchev–Trinajstić information content (AvgIpc) is 3.03. The number of hydrogen-bond acceptors (Lipinski definition) is 4. The van der Waals surface area contributed by atoms with E-state index in [4.69, 9.17) is 0 Å². The highest BCUT2D eigenvalue weighted by Gasteiger charge is 2.10. The second-order valence-electron chi connectivity index (χ2n) is 4.76. The van der Waals surface area contributed by atoms with E-state index in [0.717, 1.165) is 6.42 Å². The smallest absolute Gasteiger partial charge is 0.0934 e. The Balaban J connectivity index is 2.00. The molecule has 0 fully saturated rings. The van der Waals surface area contributed by atoms with Crippen LogP contribution in [0.15, 0.2) is 68.7 Å². The highest BCUT2D eigenvalue weighted by Crippen LogP contribution is 2.40. The lowest BCUT2D eigenvalue weighted by molar-refractivity contribution is 1.09. The van der Waals surface area contributed by atoms with Gasteiger partial charge in [-0.1, -0.05) is 55.1 Å². The van der Waals surface area contributed by atoms with Gasteiger partial charge in [-0.3, -0.25) is 0 Å². The zero-order valence-electron chi connectivity index (χ0n) is 12.6. The highest BCUT2D eigenvalue weighted by atomic mass is 32.2. The Kier molecular flexibility index (Phi) is 5.24. The topological polar surface area (TPSA) is 12.9 Å². The van der Waals surface area contributed by atoms with Crippen molar-refractivity contribution in [3.05, 3.63) is 59.7 Å². The normalized spacial score (nSPS) is 10.8. The van der Waals surface area contributed by atoms with Crippen LogP contribution in [0.5, 0.6) is 0 Å². The molecule has 2 aromatic carbocycles. The Hall–Kier alpha value is -1.23. The largest absolute Gasteiger partial charge is 0.248 e. The van der Waals surface area contributed by atoms with E-state index in [9.17, 15) is 0 Å². The molecule has 0 atom stereocenters. The van der Waals surface area contributed by atoms with E-state index in [0.29, 0.717) is 0 Å². The maximum Gasteiger partial charge on any atom is 0.0934 e. The summed E-state index contributed by atoms with van der Waals surface area (Å²) in [7, 11) is 0. The molecule has 0 aliphatic carbocycles. The number of benzene rings is 2. The van der Waals surface area contributed by atoms with Gasteiger partial charge in [-0.25, -0.2) is 4.98 Å². The van der Waals surface area contributed by atoms with Crippen LogP contribution in [0, 0.1) is 0 Å². The predicted molar refractivity (Wildman–Crippen MR) is 99.3 cm³/mol. The Morgan fingerprint density at radius 2 is 1.91 bits per heavy atom. The highest BCUT2D eigenvalue weighted by molar-refractivity contribution is 8.01. The third-order valence-electron chi connectivity index (χ3n) is 3.32. The average molecular weight is 344 g/mol. The molecule has 0 saturated heterocycles. The fourth-order valence-electron chi connectivity index (χ4n) is 2.18. The summed E-state index contributed by atoms with van der Waals surface area (Å²) in [5.74, 6) is 0. The third kappa shape index (κ3) is 3.57. The van der Waals surface area contributed by atoms with Crippen LogP contribution in [0.1, 0.15) is 11.9 Å². The van der Waals surface area contributed by atoms with Crippen LogP contribution in [0.2, 0.25) is 0 Å². The predicted octanol–water partition coefficient (Wildman–Crippen LogP) is 6.25. The van der Waals surface area contributed by atoms with Gasteiger partial charge in [0.15, 0.2) is 0 Å². The number of aromatic nitrogens is 1. The fourth-order valence-corrected chi connectivity index (χ4v) is 4.81. The first-order chi connectivity index (χ1) is 10.8. The van der Waals surface area contributed by atoms with Crippen LogP contribution in [-0.2, 0) is 6.42 Å². The van der Waals surface area contributed by atoms with Crippen molar-refractivity contribution in [1.29, 1.82) is 0 Å². The van der Waals surface area contributed by atoms with Crippen LogP contribution in [0.4, 0.5) is 0 Å². The Bertz CT molecular complexity index is 750. The van der Waals surface area contributed by atoms with Gasteiger partial charge >= 0.3 is 0 Å². The summed E-state index contributed by atoms with van der Waals surface area (Å²) < 4.78 is 1.26. The van der Waals surface area contributed by atoms with Gasteiger partial charge in [0.05, 0.1) is 15.4 Å². The molecule has 0 amide bonds. The van der Waals surface area contributed by atoms with E-state index in [2.05, 4.69) is 66.7 Å². The first-order valence-electron chi connectivity index (χ1n) is 7.16. The van der Waals surface area contributed by atoms with Crippen molar-refractivity contribution in [3.63, 3.8) is 0 Å². The van der Waals surface area contributed by atoms with Crippen LogP contribution in [0.3, 0.4) is 0 Å². The summed E-state index contributed by atoms with van der Waals surface area (Å²) in [4.78, 5) is 7.06. The molecule has 0 saturated carbocycles. The zero-order chi connectivity index (χ0) is 15.4. The molecule has 0 aliphatic rings. The summed E-state index contributed by atoms with van der Waals surface area (Å²) in [6, 6.07) is 17.3. The molecular weight excluding hydrogens is 326 g/mol. The van der Waals surface area contributed by atoms with Gasteiger partial charge in [-0.05, 0) is 35.9 Å². The van der Waals surface area contributed by atoms with Crippen LogP contribution < -0.4 is 0 Å². The van der Waals surface area contributed by atoms with Crippen molar-refractivity contribution in [3.8, 4) is 11.1 Å². The van der Waals surface area contributed by atoms with Crippen LogP contribution in [0.25, 0.3) is 11.1 Å². The second-order valence-corrected chi connectivity index (χ2v) is 8.09. The van der Waals surface area contributed by atoms with Gasteiger partial charge in [0, 0.05) is 9.79 Å². The molecule has 112 valence electrons. The van der Waals surface area contributed by atoms with Crippen molar-refractivity contribution < 1.29 is 0 Å². The summed E-state index contributed by atoms with van der Waals surface area (Å²) in [6.07, 6.45) is 5.12. The lowest BCUT2D eigenvalue weighted by Crippen LogP contribution is -1.83. The van der Waals surface area contributed by atoms with Crippen LogP contribution >= 0.6 is 34.9 Å². The molecule has 0 radical (unpaired) electrons. The molecule has 3 aromatic rings. The van der Waals surface area contributed by atoms with Gasteiger partial charge in [0.25, 0.3) is 0 Å². The molecule has 0 unspecified atom stereocenters. The van der Waals surface area contributed by atoms with E-state index in [-0.39, 0.29) is 0 Å². The SMILES string of the molecule is CCc1ncc(Sc2cc(SC)ccc2-c2ccccc2)s1. The molecule has 0 spiro atoms. The monoisotopic (exact) mass is 343 g/mol. The summed E-state index contributed by atoms with van der Waals surface area (Å²) >= 11 is 5.39. The van der Waals surface area contributed by atoms with Gasteiger partial charge in [-0.15, -0.1) is 23.1 Å². The number of aryl methyl sites for hydroxylation is 1. The van der Waals surface area contributed by atoms with Gasteiger partial charge in [-0.2, -0.15) is 0 Å². The molecule has 1 nitrogen and oxygen atoms in total. The van der Waals surface area contributed by atoms with Crippen LogP contribution in [-0.4, -0.2) is 11.2 Å². The van der Waals surface area contributed by atoms with E-state index in [1.54, 1.807) is 23.1 Å². The van der Waals surface area contributed by atoms with Crippen molar-refractivity contribution in [2.75, 3.05) is 6.26 Å². The maximum atomic E-state index is 4.47. The molecule has 1 aromatic heterocycles. The fraction of sp³-hybridized carbons (Fsp3) is 0.167. The number of hydrogen-bond donors (Lipinski definition) is 0. The zero-order valence-corrected chi connectivity index (χ0v) is 15.0.